The second-order valence-electron chi connectivity index (χ2n) is 5.19. The summed E-state index contributed by atoms with van der Waals surface area (Å²) in [4.78, 5) is 11.9. The molecule has 6 heteroatoms. The van der Waals surface area contributed by atoms with Gasteiger partial charge in [-0.05, 0) is 48.0 Å². The maximum Gasteiger partial charge on any atom is 0.246 e. The largest absolute Gasteiger partial charge is 0.489 e. The summed E-state index contributed by atoms with van der Waals surface area (Å²) in [5.74, 6) is 0.630. The lowest BCUT2D eigenvalue weighted by Crippen LogP contribution is -2.18. The molecule has 0 saturated heterocycles. The molecule has 1 N–H and O–H groups in total. The van der Waals surface area contributed by atoms with Gasteiger partial charge in [0.1, 0.15) is 18.9 Å². The Morgan fingerprint density at radius 2 is 1.88 bits per heavy atom. The minimum absolute atomic E-state index is 0.123. The quantitative estimate of drug-likeness (QED) is 0.700. The van der Waals surface area contributed by atoms with Gasteiger partial charge >= 0.3 is 0 Å². The van der Waals surface area contributed by atoms with Crippen molar-refractivity contribution >= 4 is 27.5 Å². The lowest BCUT2D eigenvalue weighted by atomic mass is 10.2. The SMILES string of the molecule is O=C(Cn1cccn1)Nc1ccc(OCc2ccc(Br)cc2)cc1. The van der Waals surface area contributed by atoms with Gasteiger partial charge in [-0.3, -0.25) is 9.48 Å². The van der Waals surface area contributed by atoms with E-state index >= 15 is 0 Å². The van der Waals surface area contributed by atoms with Gasteiger partial charge in [0.15, 0.2) is 0 Å². The second kappa shape index (κ2) is 7.79. The standard InChI is InChI=1S/C18H16BrN3O2/c19-15-4-2-14(3-5-15)13-24-17-8-6-16(7-9-17)21-18(23)12-22-11-1-10-20-22/h1-11H,12-13H2,(H,21,23). The normalized spacial score (nSPS) is 10.4. The fourth-order valence-electron chi connectivity index (χ4n) is 2.12. The highest BCUT2D eigenvalue weighted by molar-refractivity contribution is 9.10. The minimum atomic E-state index is -0.123. The van der Waals surface area contributed by atoms with Crippen LogP contribution in [0.3, 0.4) is 0 Å². The molecule has 0 fully saturated rings. The molecule has 3 rings (SSSR count). The van der Waals surface area contributed by atoms with Gasteiger partial charge in [-0.2, -0.15) is 5.10 Å². The first-order chi connectivity index (χ1) is 11.7. The Morgan fingerprint density at radius 1 is 1.12 bits per heavy atom. The van der Waals surface area contributed by atoms with E-state index in [2.05, 4.69) is 26.3 Å². The van der Waals surface area contributed by atoms with Gasteiger partial charge < -0.3 is 10.1 Å². The highest BCUT2D eigenvalue weighted by Gasteiger charge is 2.04. The number of carbonyl (C=O) groups is 1. The molecular formula is C18H16BrN3O2. The minimum Gasteiger partial charge on any atom is -0.489 e. The fourth-order valence-corrected chi connectivity index (χ4v) is 2.39. The van der Waals surface area contributed by atoms with Gasteiger partial charge in [-0.25, -0.2) is 0 Å². The first kappa shape index (κ1) is 16.3. The smallest absolute Gasteiger partial charge is 0.246 e. The van der Waals surface area contributed by atoms with Crippen LogP contribution in [0.4, 0.5) is 5.69 Å². The van der Waals surface area contributed by atoms with E-state index in [0.29, 0.717) is 6.61 Å². The molecule has 5 nitrogen and oxygen atoms in total. The molecule has 0 aliphatic carbocycles. The zero-order valence-electron chi connectivity index (χ0n) is 12.9. The van der Waals surface area contributed by atoms with E-state index in [1.54, 1.807) is 23.1 Å². The monoisotopic (exact) mass is 385 g/mol. The molecular weight excluding hydrogens is 370 g/mol. The first-order valence-electron chi connectivity index (χ1n) is 7.44. The van der Waals surface area contributed by atoms with Crippen molar-refractivity contribution < 1.29 is 9.53 Å². The van der Waals surface area contributed by atoms with Crippen LogP contribution in [0, 0.1) is 0 Å². The summed E-state index contributed by atoms with van der Waals surface area (Å²) in [7, 11) is 0. The number of rotatable bonds is 6. The molecule has 0 atom stereocenters. The molecule has 1 amide bonds. The number of nitrogens with one attached hydrogen (secondary N) is 1. The van der Waals surface area contributed by atoms with Crippen LogP contribution in [0.25, 0.3) is 0 Å². The Kier molecular flexibility index (Phi) is 5.28. The molecule has 1 aromatic heterocycles. The van der Waals surface area contributed by atoms with Crippen LogP contribution >= 0.6 is 15.9 Å². The third kappa shape index (κ3) is 4.70. The van der Waals surface area contributed by atoms with Crippen LogP contribution in [0.15, 0.2) is 71.5 Å². The summed E-state index contributed by atoms with van der Waals surface area (Å²) in [5, 5.41) is 6.83. The molecule has 24 heavy (non-hydrogen) atoms. The highest BCUT2D eigenvalue weighted by atomic mass is 79.9. The van der Waals surface area contributed by atoms with Crippen LogP contribution < -0.4 is 10.1 Å². The molecule has 1 heterocycles. The average Bonchev–Trinajstić information content (AvgIpc) is 3.08. The molecule has 0 bridgehead atoms. The average molecular weight is 386 g/mol. The Bertz CT molecular complexity index is 784. The summed E-state index contributed by atoms with van der Waals surface area (Å²) >= 11 is 3.41. The van der Waals surface area contributed by atoms with E-state index in [0.717, 1.165) is 21.5 Å². The summed E-state index contributed by atoms with van der Waals surface area (Å²) < 4.78 is 8.35. The maximum atomic E-state index is 11.9. The Hall–Kier alpha value is -2.60. The fraction of sp³-hybridized carbons (Fsp3) is 0.111. The molecule has 0 aliphatic rings. The van der Waals surface area contributed by atoms with E-state index < -0.39 is 0 Å². The molecule has 0 aliphatic heterocycles. The number of hydrogen-bond donors (Lipinski definition) is 1. The maximum absolute atomic E-state index is 11.9. The Morgan fingerprint density at radius 3 is 2.54 bits per heavy atom. The van der Waals surface area contributed by atoms with Gasteiger partial charge in [0.2, 0.25) is 5.91 Å². The first-order valence-corrected chi connectivity index (χ1v) is 8.23. The van der Waals surface area contributed by atoms with Gasteiger partial charge in [0.25, 0.3) is 0 Å². The van der Waals surface area contributed by atoms with E-state index in [9.17, 15) is 4.79 Å². The van der Waals surface area contributed by atoms with Crippen molar-refractivity contribution in [1.29, 1.82) is 0 Å². The molecule has 122 valence electrons. The van der Waals surface area contributed by atoms with Crippen molar-refractivity contribution in [2.45, 2.75) is 13.2 Å². The molecule has 0 spiro atoms. The van der Waals surface area contributed by atoms with Crippen LogP contribution in [0.5, 0.6) is 5.75 Å². The number of aromatic nitrogens is 2. The van der Waals surface area contributed by atoms with E-state index in [1.807, 2.05) is 48.5 Å². The van der Waals surface area contributed by atoms with Gasteiger partial charge in [-0.1, -0.05) is 28.1 Å². The molecule has 2 aromatic carbocycles. The number of halogens is 1. The van der Waals surface area contributed by atoms with Crippen LogP contribution in [-0.4, -0.2) is 15.7 Å². The van der Waals surface area contributed by atoms with Crippen molar-refractivity contribution in [3.63, 3.8) is 0 Å². The van der Waals surface area contributed by atoms with E-state index in [-0.39, 0.29) is 12.5 Å². The lowest BCUT2D eigenvalue weighted by Gasteiger charge is -2.09. The van der Waals surface area contributed by atoms with Crippen LogP contribution in [-0.2, 0) is 17.9 Å². The number of benzene rings is 2. The zero-order valence-corrected chi connectivity index (χ0v) is 14.4. The highest BCUT2D eigenvalue weighted by Crippen LogP contribution is 2.18. The lowest BCUT2D eigenvalue weighted by molar-refractivity contribution is -0.116. The second-order valence-corrected chi connectivity index (χ2v) is 6.11. The molecule has 0 saturated carbocycles. The predicted octanol–water partition coefficient (Wildman–Crippen LogP) is 3.86. The molecule has 0 unspecified atom stereocenters. The molecule has 3 aromatic rings. The number of ether oxygens (including phenoxy) is 1. The molecule has 0 radical (unpaired) electrons. The van der Waals surface area contributed by atoms with Crippen LogP contribution in [0.1, 0.15) is 5.56 Å². The summed E-state index contributed by atoms with van der Waals surface area (Å²) in [6.07, 6.45) is 3.39. The van der Waals surface area contributed by atoms with E-state index in [1.165, 1.54) is 0 Å². The third-order valence-corrected chi connectivity index (χ3v) is 3.85. The van der Waals surface area contributed by atoms with Gasteiger partial charge in [-0.15, -0.1) is 0 Å². The van der Waals surface area contributed by atoms with Crippen molar-refractivity contribution in [3.8, 4) is 5.75 Å². The van der Waals surface area contributed by atoms with Crippen LogP contribution in [0.2, 0.25) is 0 Å². The summed E-state index contributed by atoms with van der Waals surface area (Å²) in [5.41, 5.74) is 1.82. The van der Waals surface area contributed by atoms with Gasteiger partial charge in [0, 0.05) is 22.6 Å². The van der Waals surface area contributed by atoms with Crippen molar-refractivity contribution in [2.24, 2.45) is 0 Å². The number of hydrogen-bond acceptors (Lipinski definition) is 3. The Labute approximate surface area is 148 Å². The van der Waals surface area contributed by atoms with Crippen molar-refractivity contribution in [3.05, 3.63) is 77.0 Å². The zero-order chi connectivity index (χ0) is 16.8. The van der Waals surface area contributed by atoms with Crippen molar-refractivity contribution in [1.82, 2.24) is 9.78 Å². The van der Waals surface area contributed by atoms with Crippen molar-refractivity contribution in [2.75, 3.05) is 5.32 Å². The van der Waals surface area contributed by atoms with E-state index in [4.69, 9.17) is 4.74 Å². The Balaban J connectivity index is 1.51. The summed E-state index contributed by atoms with van der Waals surface area (Å²) in [6.45, 7) is 0.688. The number of anilines is 1. The van der Waals surface area contributed by atoms with Gasteiger partial charge in [0.05, 0.1) is 0 Å². The number of nitrogens with zero attached hydrogens (tertiary/aromatic N) is 2. The third-order valence-electron chi connectivity index (χ3n) is 3.32. The summed E-state index contributed by atoms with van der Waals surface area (Å²) in [6, 6.07) is 17.1. The predicted molar refractivity (Wildman–Crippen MR) is 95.8 cm³/mol. The number of carbonyl (C=O) groups excluding carboxylic acids is 1. The topological polar surface area (TPSA) is 56.2 Å². The number of amides is 1.